The Kier molecular flexibility index (Phi) is 10.9. The predicted molar refractivity (Wildman–Crippen MR) is 311 cm³/mol. The van der Waals surface area contributed by atoms with Gasteiger partial charge in [0.25, 0.3) is 0 Å². The maximum atomic E-state index is 15.0. The molecule has 0 aliphatic heterocycles. The monoisotopic (exact) mass is 969 g/mol. The zero-order valence-electron chi connectivity index (χ0n) is 41.6. The van der Waals surface area contributed by atoms with Crippen LogP contribution in [0.2, 0.25) is 0 Å². The molecule has 0 spiro atoms. The van der Waals surface area contributed by atoms with Gasteiger partial charge in [-0.2, -0.15) is 0 Å². The number of nitrogens with zero attached hydrogens (tertiary/aromatic N) is 1. The molecule has 0 fully saturated rings. The molecule has 3 heteroatoms. The first-order valence-corrected chi connectivity index (χ1v) is 26.3. The summed E-state index contributed by atoms with van der Waals surface area (Å²) >= 11 is 1.82. The maximum Gasteiger partial charge on any atom is 0.123 e. The molecule has 10 aromatic carbocycles. The average molecular weight is 970 g/mol. The fraction of sp³-hybridized carbons (Fsp3) is 0.0704. The number of hydrogen-bond acceptors (Lipinski definition) is 2. The number of allylic oxidation sites excluding steroid dienone is 1. The fourth-order valence-electron chi connectivity index (χ4n) is 12.3. The van der Waals surface area contributed by atoms with E-state index in [0.717, 1.165) is 56.0 Å². The molecule has 74 heavy (non-hydrogen) atoms. The molecule has 2 aliphatic carbocycles. The van der Waals surface area contributed by atoms with Crippen molar-refractivity contribution in [2.75, 3.05) is 4.90 Å². The molecule has 1 heterocycles. The van der Waals surface area contributed by atoms with E-state index in [9.17, 15) is 4.39 Å². The van der Waals surface area contributed by atoms with E-state index in [0.29, 0.717) is 0 Å². The van der Waals surface area contributed by atoms with E-state index < -0.39 is 5.41 Å². The summed E-state index contributed by atoms with van der Waals surface area (Å²) in [6.45, 7) is 11.0. The Morgan fingerprint density at radius 3 is 1.80 bits per heavy atom. The van der Waals surface area contributed by atoms with Gasteiger partial charge < -0.3 is 4.90 Å². The number of thiophene rings is 1. The number of anilines is 3. The summed E-state index contributed by atoms with van der Waals surface area (Å²) < 4.78 is 17.5. The molecule has 354 valence electrons. The van der Waals surface area contributed by atoms with Crippen molar-refractivity contribution in [3.8, 4) is 44.5 Å². The van der Waals surface area contributed by atoms with Gasteiger partial charge in [0.05, 0.1) is 11.1 Å². The Hall–Kier alpha value is -8.63. The Morgan fingerprint density at radius 2 is 1.05 bits per heavy atom. The van der Waals surface area contributed by atoms with Crippen LogP contribution in [0.15, 0.2) is 249 Å². The molecular weight excluding hydrogens is 918 g/mol. The van der Waals surface area contributed by atoms with Gasteiger partial charge in [-0.25, -0.2) is 4.39 Å². The highest BCUT2D eigenvalue weighted by atomic mass is 32.1. The number of fused-ring (bicyclic) bond motifs is 7. The van der Waals surface area contributed by atoms with E-state index in [1.807, 2.05) is 29.5 Å². The van der Waals surface area contributed by atoms with Gasteiger partial charge in [-0.15, -0.1) is 11.3 Å². The second-order valence-electron chi connectivity index (χ2n) is 20.2. The minimum Gasteiger partial charge on any atom is -0.310 e. The van der Waals surface area contributed by atoms with Crippen molar-refractivity contribution >= 4 is 50.1 Å². The lowest BCUT2D eigenvalue weighted by atomic mass is 9.67. The average Bonchev–Trinajstić information content (AvgIpc) is 4.05. The van der Waals surface area contributed by atoms with Gasteiger partial charge in [-0.3, -0.25) is 0 Å². The molecule has 1 atom stereocenters. The summed E-state index contributed by atoms with van der Waals surface area (Å²) in [4.78, 5) is 2.42. The van der Waals surface area contributed by atoms with Crippen LogP contribution in [0.3, 0.4) is 0 Å². The minimum absolute atomic E-state index is 0.153. The first kappa shape index (κ1) is 45.2. The van der Waals surface area contributed by atoms with Crippen molar-refractivity contribution in [3.63, 3.8) is 0 Å². The SMILES string of the molecule is C=C/C=c1\c(=C(/C)c2ccc(C3(c4ccc(F)cc4)c4ccccc4-c4ccc(-c5ccc(N(c6ccc7c(c6)C(C)(C)c6ccccc6-7)c6ccccc6-c6ccccc6)cc5)cc43)cc2)sc2ccccc12. The van der Waals surface area contributed by atoms with Crippen LogP contribution in [-0.2, 0) is 10.8 Å². The van der Waals surface area contributed by atoms with E-state index in [1.165, 1.54) is 69.9 Å². The van der Waals surface area contributed by atoms with E-state index in [4.69, 9.17) is 0 Å². The largest absolute Gasteiger partial charge is 0.310 e. The highest BCUT2D eigenvalue weighted by molar-refractivity contribution is 7.17. The fourth-order valence-corrected chi connectivity index (χ4v) is 13.5. The highest BCUT2D eigenvalue weighted by Gasteiger charge is 2.46. The van der Waals surface area contributed by atoms with Crippen molar-refractivity contribution in [2.24, 2.45) is 0 Å². The molecule has 2 aliphatic rings. The van der Waals surface area contributed by atoms with Crippen molar-refractivity contribution in [1.82, 2.24) is 0 Å². The molecule has 0 saturated carbocycles. The van der Waals surface area contributed by atoms with Crippen LogP contribution in [-0.4, -0.2) is 0 Å². The Morgan fingerprint density at radius 1 is 0.486 bits per heavy atom. The van der Waals surface area contributed by atoms with E-state index >= 15 is 0 Å². The van der Waals surface area contributed by atoms with Gasteiger partial charge in [0.1, 0.15) is 5.82 Å². The van der Waals surface area contributed by atoms with Crippen LogP contribution >= 0.6 is 11.3 Å². The molecule has 0 saturated heterocycles. The molecule has 1 nitrogen and oxygen atoms in total. The number of hydrogen-bond donors (Lipinski definition) is 0. The normalized spacial score (nSPS) is 15.5. The molecular formula is C71H52FNS. The quantitative estimate of drug-likeness (QED) is 0.139. The highest BCUT2D eigenvalue weighted by Crippen LogP contribution is 2.57. The summed E-state index contributed by atoms with van der Waals surface area (Å²) in [7, 11) is 0. The Labute approximate surface area is 436 Å². The Bertz CT molecular complexity index is 4130. The zero-order valence-corrected chi connectivity index (χ0v) is 42.4. The number of rotatable bonds is 9. The van der Waals surface area contributed by atoms with Crippen LogP contribution < -0.4 is 14.7 Å². The third-order valence-electron chi connectivity index (χ3n) is 15.8. The molecule has 1 unspecified atom stereocenters. The molecule has 0 N–H and O–H groups in total. The van der Waals surface area contributed by atoms with Crippen LogP contribution in [0.4, 0.5) is 21.5 Å². The van der Waals surface area contributed by atoms with Crippen LogP contribution in [0.5, 0.6) is 0 Å². The summed E-state index contributed by atoms with van der Waals surface area (Å²) in [6, 6.07) is 84.9. The Balaban J connectivity index is 0.951. The lowest BCUT2D eigenvalue weighted by Crippen LogP contribution is -2.28. The van der Waals surface area contributed by atoms with Gasteiger partial charge in [0.15, 0.2) is 0 Å². The van der Waals surface area contributed by atoms with Gasteiger partial charge in [0, 0.05) is 42.2 Å². The topological polar surface area (TPSA) is 3.24 Å². The summed E-state index contributed by atoms with van der Waals surface area (Å²) in [6.07, 6.45) is 4.01. The van der Waals surface area contributed by atoms with Crippen LogP contribution in [0.1, 0.15) is 59.7 Å². The molecule has 11 aromatic rings. The molecule has 1 aromatic heterocycles. The van der Waals surface area contributed by atoms with Crippen LogP contribution in [0, 0.1) is 5.82 Å². The summed E-state index contributed by atoms with van der Waals surface area (Å²) in [5.41, 5.74) is 21.5. The second kappa shape index (κ2) is 17.8. The van der Waals surface area contributed by atoms with E-state index in [2.05, 4.69) is 251 Å². The molecule has 0 radical (unpaired) electrons. The lowest BCUT2D eigenvalue weighted by Gasteiger charge is -2.34. The van der Waals surface area contributed by atoms with E-state index in [-0.39, 0.29) is 11.2 Å². The zero-order chi connectivity index (χ0) is 50.1. The van der Waals surface area contributed by atoms with Crippen molar-refractivity contribution < 1.29 is 4.39 Å². The minimum atomic E-state index is -0.722. The number of benzene rings is 10. The number of halogens is 1. The summed E-state index contributed by atoms with van der Waals surface area (Å²) in [5.74, 6) is -0.255. The van der Waals surface area contributed by atoms with Crippen LogP contribution in [0.25, 0.3) is 66.2 Å². The predicted octanol–water partition coefficient (Wildman–Crippen LogP) is 17.7. The van der Waals surface area contributed by atoms with Gasteiger partial charge in [-0.05, 0) is 145 Å². The molecule has 13 rings (SSSR count). The van der Waals surface area contributed by atoms with Crippen molar-refractivity contribution in [1.29, 1.82) is 0 Å². The first-order chi connectivity index (χ1) is 36.2. The van der Waals surface area contributed by atoms with Crippen molar-refractivity contribution in [2.45, 2.75) is 31.6 Å². The molecule has 0 amide bonds. The lowest BCUT2D eigenvalue weighted by molar-refractivity contribution is 0.625. The standard InChI is InChI=1S/C71H52FNS/c1-5-17-62-61-23-12-16-27-68(61)74-69(62)46(2)47-28-33-51(34-29-47)71(52-35-37-53(72)38-36-52)64-25-14-10-22-58(64)60-42-32-50(44-66(60)71)48-30-39-54(40-31-48)73(67-26-15-11-20-56(67)49-18-7-6-8-19-49)55-41-43-59-57-21-9-13-24-63(57)70(3,4)65(59)45-55/h5-45H,1H2,2-4H3/b62-17-,69-46-. The summed E-state index contributed by atoms with van der Waals surface area (Å²) in [5, 5.41) is 2.44. The number of para-hydroxylation sites is 1. The van der Waals surface area contributed by atoms with Crippen molar-refractivity contribution in [3.05, 3.63) is 304 Å². The second-order valence-corrected chi connectivity index (χ2v) is 21.2. The molecule has 0 bridgehead atoms. The van der Waals surface area contributed by atoms with E-state index in [1.54, 1.807) is 12.1 Å². The smallest absolute Gasteiger partial charge is 0.123 e. The third kappa shape index (κ3) is 7.10. The maximum absolute atomic E-state index is 15.0. The third-order valence-corrected chi connectivity index (χ3v) is 17.2. The first-order valence-electron chi connectivity index (χ1n) is 25.5. The van der Waals surface area contributed by atoms with Gasteiger partial charge >= 0.3 is 0 Å². The van der Waals surface area contributed by atoms with Gasteiger partial charge in [-0.1, -0.05) is 215 Å². The van der Waals surface area contributed by atoms with Gasteiger partial charge in [0.2, 0.25) is 0 Å².